The zero-order valence-corrected chi connectivity index (χ0v) is 13.6. The lowest BCUT2D eigenvalue weighted by molar-refractivity contribution is 0.882. The molecule has 0 aliphatic carbocycles. The van der Waals surface area contributed by atoms with Gasteiger partial charge in [-0.15, -0.1) is 0 Å². The molecule has 3 rings (SSSR count). The lowest BCUT2D eigenvalue weighted by atomic mass is 10.0. The average molecular weight is 342 g/mol. The first-order valence-corrected chi connectivity index (χ1v) is 7.83. The molecular weight excluding hydrogens is 326 g/mol. The Morgan fingerprint density at radius 2 is 1.71 bits per heavy atom. The van der Waals surface area contributed by atoms with Gasteiger partial charge in [-0.2, -0.15) is 0 Å². The summed E-state index contributed by atoms with van der Waals surface area (Å²) in [6.45, 7) is 2.08. The number of hydrogen-bond acceptors (Lipinski definition) is 1. The van der Waals surface area contributed by atoms with Crippen molar-refractivity contribution in [2.75, 3.05) is 0 Å². The number of hydrogen-bond donors (Lipinski definition) is 0. The Balaban J connectivity index is 2.41. The van der Waals surface area contributed by atoms with Crippen LogP contribution >= 0.6 is 15.9 Å². The number of nitrogens with zero attached hydrogens (tertiary/aromatic N) is 1. The Labute approximate surface area is 132 Å². The van der Waals surface area contributed by atoms with Crippen LogP contribution in [-0.2, 0) is 7.05 Å². The third kappa shape index (κ3) is 2.42. The smallest absolute Gasteiger partial charge is 0.258 e. The van der Waals surface area contributed by atoms with E-state index in [4.69, 9.17) is 0 Å². The van der Waals surface area contributed by atoms with E-state index in [1.54, 1.807) is 4.57 Å². The number of fused-ring (bicyclic) bond motifs is 1. The Hall–Kier alpha value is -1.87. The second-order valence-corrected chi connectivity index (χ2v) is 6.56. The molecule has 0 amide bonds. The Bertz CT molecular complexity index is 850. The summed E-state index contributed by atoms with van der Waals surface area (Å²) in [4.78, 5) is 12.9. The van der Waals surface area contributed by atoms with Crippen LogP contribution in [0.4, 0.5) is 0 Å². The maximum absolute atomic E-state index is 12.6. The molecule has 0 radical (unpaired) electrons. The molecule has 0 aliphatic heterocycles. The molecule has 0 N–H and O–H groups in total. The molecule has 1 aromatic heterocycles. The SMILES string of the molecule is CC(Br)c1cccc2c(=O)n(C)c(-c3ccccc3)cc12. The van der Waals surface area contributed by atoms with Gasteiger partial charge in [0, 0.05) is 17.3 Å². The van der Waals surface area contributed by atoms with Gasteiger partial charge in [0.15, 0.2) is 0 Å². The summed E-state index contributed by atoms with van der Waals surface area (Å²) in [7, 11) is 1.83. The van der Waals surface area contributed by atoms with E-state index in [0.717, 1.165) is 27.6 Å². The quantitative estimate of drug-likeness (QED) is 0.621. The zero-order chi connectivity index (χ0) is 15.0. The van der Waals surface area contributed by atoms with Crippen molar-refractivity contribution in [3.8, 4) is 11.3 Å². The van der Waals surface area contributed by atoms with Crippen molar-refractivity contribution < 1.29 is 0 Å². The molecule has 1 heterocycles. The first-order valence-electron chi connectivity index (χ1n) is 6.91. The maximum Gasteiger partial charge on any atom is 0.258 e. The molecule has 3 aromatic rings. The van der Waals surface area contributed by atoms with Crippen LogP contribution in [0.25, 0.3) is 22.0 Å². The van der Waals surface area contributed by atoms with Crippen molar-refractivity contribution in [3.63, 3.8) is 0 Å². The van der Waals surface area contributed by atoms with Crippen molar-refractivity contribution in [3.05, 3.63) is 70.5 Å². The monoisotopic (exact) mass is 341 g/mol. The van der Waals surface area contributed by atoms with Crippen molar-refractivity contribution in [2.24, 2.45) is 7.05 Å². The standard InChI is InChI=1S/C18H16BrNO/c1-12(19)14-9-6-10-15-16(14)11-17(20(2)18(15)21)13-7-4-3-5-8-13/h3-12H,1-2H3. The van der Waals surface area contributed by atoms with E-state index >= 15 is 0 Å². The van der Waals surface area contributed by atoms with Gasteiger partial charge in [-0.25, -0.2) is 0 Å². The van der Waals surface area contributed by atoms with Crippen LogP contribution in [0, 0.1) is 0 Å². The fourth-order valence-electron chi connectivity index (χ4n) is 2.69. The minimum Gasteiger partial charge on any atom is -0.311 e. The molecule has 0 saturated carbocycles. The van der Waals surface area contributed by atoms with Crippen molar-refractivity contribution >= 4 is 26.7 Å². The summed E-state index contributed by atoms with van der Waals surface area (Å²) >= 11 is 3.62. The van der Waals surface area contributed by atoms with Crippen LogP contribution in [-0.4, -0.2) is 4.57 Å². The second kappa shape index (κ2) is 5.49. The van der Waals surface area contributed by atoms with E-state index < -0.39 is 0 Å². The predicted molar refractivity (Wildman–Crippen MR) is 92.0 cm³/mol. The van der Waals surface area contributed by atoms with Crippen molar-refractivity contribution in [1.29, 1.82) is 0 Å². The maximum atomic E-state index is 12.6. The Kier molecular flexibility index (Phi) is 3.68. The number of pyridine rings is 1. The summed E-state index contributed by atoms with van der Waals surface area (Å²) in [5, 5.41) is 1.78. The number of aromatic nitrogens is 1. The number of rotatable bonds is 2. The van der Waals surface area contributed by atoms with Gasteiger partial charge in [0.05, 0.1) is 5.69 Å². The molecular formula is C18H16BrNO. The van der Waals surface area contributed by atoms with Crippen molar-refractivity contribution in [1.82, 2.24) is 4.57 Å². The fourth-order valence-corrected chi connectivity index (χ4v) is 3.09. The molecule has 0 bridgehead atoms. The minimum atomic E-state index is 0.0429. The highest BCUT2D eigenvalue weighted by Crippen LogP contribution is 2.30. The molecule has 2 aromatic carbocycles. The Morgan fingerprint density at radius 1 is 1.00 bits per heavy atom. The van der Waals surface area contributed by atoms with Crippen LogP contribution in [0.15, 0.2) is 59.4 Å². The van der Waals surface area contributed by atoms with E-state index in [0.29, 0.717) is 0 Å². The zero-order valence-electron chi connectivity index (χ0n) is 12.0. The first-order chi connectivity index (χ1) is 10.1. The molecule has 106 valence electrons. The lowest BCUT2D eigenvalue weighted by Gasteiger charge is -2.14. The third-order valence-corrected chi connectivity index (χ3v) is 4.31. The fraction of sp³-hybridized carbons (Fsp3) is 0.167. The highest BCUT2D eigenvalue weighted by Gasteiger charge is 2.12. The van der Waals surface area contributed by atoms with E-state index in [1.807, 2.05) is 49.5 Å². The van der Waals surface area contributed by atoms with Crippen LogP contribution in [0.5, 0.6) is 0 Å². The third-order valence-electron chi connectivity index (χ3n) is 3.82. The van der Waals surface area contributed by atoms with Gasteiger partial charge in [0.2, 0.25) is 0 Å². The number of halogens is 1. The topological polar surface area (TPSA) is 22.0 Å². The molecule has 1 atom stereocenters. The molecule has 0 spiro atoms. The molecule has 1 unspecified atom stereocenters. The van der Waals surface area contributed by atoms with Crippen LogP contribution in [0.1, 0.15) is 17.3 Å². The second-order valence-electron chi connectivity index (χ2n) is 5.18. The lowest BCUT2D eigenvalue weighted by Crippen LogP contribution is -2.19. The summed E-state index contributed by atoms with van der Waals surface area (Å²) in [6.07, 6.45) is 0. The van der Waals surface area contributed by atoms with Gasteiger partial charge in [-0.1, -0.05) is 58.4 Å². The van der Waals surface area contributed by atoms with Crippen LogP contribution < -0.4 is 5.56 Å². The normalized spacial score (nSPS) is 12.5. The molecule has 3 heteroatoms. The van der Waals surface area contributed by atoms with E-state index in [1.165, 1.54) is 0 Å². The van der Waals surface area contributed by atoms with E-state index in [2.05, 4.69) is 35.0 Å². The molecule has 0 saturated heterocycles. The average Bonchev–Trinajstić information content (AvgIpc) is 2.51. The highest BCUT2D eigenvalue weighted by molar-refractivity contribution is 9.09. The van der Waals surface area contributed by atoms with Crippen LogP contribution in [0.3, 0.4) is 0 Å². The van der Waals surface area contributed by atoms with Gasteiger partial charge in [0.1, 0.15) is 0 Å². The summed E-state index contributed by atoms with van der Waals surface area (Å²) in [5.41, 5.74) is 3.17. The van der Waals surface area contributed by atoms with Crippen LogP contribution in [0.2, 0.25) is 0 Å². The van der Waals surface area contributed by atoms with Gasteiger partial charge in [-0.05, 0) is 35.6 Å². The minimum absolute atomic E-state index is 0.0429. The molecule has 2 nitrogen and oxygen atoms in total. The molecule has 0 fully saturated rings. The summed E-state index contributed by atoms with van der Waals surface area (Å²) in [6, 6.07) is 18.0. The van der Waals surface area contributed by atoms with Gasteiger partial charge < -0.3 is 4.57 Å². The Morgan fingerprint density at radius 3 is 2.38 bits per heavy atom. The van der Waals surface area contributed by atoms with E-state index in [9.17, 15) is 4.79 Å². The summed E-state index contributed by atoms with van der Waals surface area (Å²) < 4.78 is 1.72. The largest absolute Gasteiger partial charge is 0.311 e. The van der Waals surface area contributed by atoms with E-state index in [-0.39, 0.29) is 10.4 Å². The van der Waals surface area contributed by atoms with Gasteiger partial charge >= 0.3 is 0 Å². The molecule has 21 heavy (non-hydrogen) atoms. The number of alkyl halides is 1. The summed E-state index contributed by atoms with van der Waals surface area (Å²) in [5.74, 6) is 0. The highest BCUT2D eigenvalue weighted by atomic mass is 79.9. The molecule has 0 aliphatic rings. The van der Waals surface area contributed by atoms with Gasteiger partial charge in [-0.3, -0.25) is 4.79 Å². The van der Waals surface area contributed by atoms with Crippen molar-refractivity contribution in [2.45, 2.75) is 11.8 Å². The predicted octanol–water partition coefficient (Wildman–Crippen LogP) is 4.66. The first kappa shape index (κ1) is 14.1. The van der Waals surface area contributed by atoms with Gasteiger partial charge in [0.25, 0.3) is 5.56 Å². The number of benzene rings is 2.